The van der Waals surface area contributed by atoms with Crippen molar-refractivity contribution in [2.45, 2.75) is 31.1 Å². The number of fused-ring (bicyclic) bond motifs is 1. The Morgan fingerprint density at radius 3 is 2.43 bits per heavy atom. The summed E-state index contributed by atoms with van der Waals surface area (Å²) in [6.45, 7) is 7.18. The summed E-state index contributed by atoms with van der Waals surface area (Å²) in [5, 5.41) is 0. The Morgan fingerprint density at radius 2 is 1.68 bits per heavy atom. The van der Waals surface area contributed by atoms with Crippen molar-refractivity contribution in [3.63, 3.8) is 0 Å². The first kappa shape index (κ1) is 19.0. The highest BCUT2D eigenvalue weighted by Crippen LogP contribution is 2.35. The average Bonchev–Trinajstić information content (AvgIpc) is 2.70. The predicted octanol–water partition coefficient (Wildman–Crippen LogP) is 2.91. The molecule has 0 bridgehead atoms. The smallest absolute Gasteiger partial charge is 0.230 e. The number of rotatable bonds is 2. The van der Waals surface area contributed by atoms with Crippen molar-refractivity contribution >= 4 is 21.4 Å². The molecule has 4 rings (SSSR count). The number of aryl methyl sites for hydroxylation is 1. The van der Waals surface area contributed by atoms with Crippen molar-refractivity contribution in [2.75, 3.05) is 36.8 Å². The van der Waals surface area contributed by atoms with Crippen molar-refractivity contribution in [3.05, 3.63) is 59.2 Å². The van der Waals surface area contributed by atoms with Crippen LogP contribution in [0, 0.1) is 13.8 Å². The molecule has 2 aromatic carbocycles. The number of hydrogen-bond donors (Lipinski definition) is 0. The minimum Gasteiger partial charge on any atom is -0.368 e. The van der Waals surface area contributed by atoms with Crippen LogP contribution in [0.25, 0.3) is 0 Å². The van der Waals surface area contributed by atoms with Crippen molar-refractivity contribution in [2.24, 2.45) is 0 Å². The summed E-state index contributed by atoms with van der Waals surface area (Å²) in [5.41, 5.74) is 4.46. The van der Waals surface area contributed by atoms with E-state index < -0.39 is 9.84 Å². The molecule has 2 aromatic rings. The quantitative estimate of drug-likeness (QED) is 0.781. The van der Waals surface area contributed by atoms with Crippen molar-refractivity contribution in [1.29, 1.82) is 0 Å². The van der Waals surface area contributed by atoms with E-state index >= 15 is 0 Å². The molecular formula is C22H26N2O3S. The van der Waals surface area contributed by atoms with Crippen LogP contribution < -0.4 is 4.90 Å². The molecule has 0 spiro atoms. The number of carbonyl (C=O) groups is 1. The molecule has 1 amide bonds. The molecule has 0 saturated carbocycles. The van der Waals surface area contributed by atoms with Gasteiger partial charge in [0, 0.05) is 31.9 Å². The Labute approximate surface area is 166 Å². The third kappa shape index (κ3) is 3.30. The number of nitrogens with zero attached hydrogens (tertiary/aromatic N) is 2. The van der Waals surface area contributed by atoms with Gasteiger partial charge in [0.05, 0.1) is 16.6 Å². The highest BCUT2D eigenvalue weighted by atomic mass is 32.2. The van der Waals surface area contributed by atoms with Crippen LogP contribution in [0.1, 0.15) is 29.0 Å². The third-order valence-electron chi connectivity index (χ3n) is 6.11. The summed E-state index contributed by atoms with van der Waals surface area (Å²) in [5.74, 6) is -0.252. The molecule has 5 nitrogen and oxygen atoms in total. The second-order valence-corrected chi connectivity index (χ2v) is 9.81. The second-order valence-electron chi connectivity index (χ2n) is 7.73. The summed E-state index contributed by atoms with van der Waals surface area (Å²) in [6.07, 6.45) is 0.370. The van der Waals surface area contributed by atoms with Gasteiger partial charge < -0.3 is 9.80 Å². The first-order chi connectivity index (χ1) is 13.4. The largest absolute Gasteiger partial charge is 0.368 e. The number of benzene rings is 2. The number of carbonyl (C=O) groups excluding carboxylic acids is 1. The van der Waals surface area contributed by atoms with Gasteiger partial charge in [-0.25, -0.2) is 8.42 Å². The van der Waals surface area contributed by atoms with Crippen molar-refractivity contribution in [3.8, 4) is 0 Å². The minimum atomic E-state index is -3.27. The molecule has 2 aliphatic heterocycles. The number of sulfone groups is 1. The molecule has 2 aliphatic rings. The molecule has 6 heteroatoms. The molecule has 28 heavy (non-hydrogen) atoms. The predicted molar refractivity (Wildman–Crippen MR) is 111 cm³/mol. The lowest BCUT2D eigenvalue weighted by Gasteiger charge is -2.39. The second kappa shape index (κ2) is 7.24. The van der Waals surface area contributed by atoms with Crippen LogP contribution in [-0.4, -0.2) is 51.2 Å². The van der Waals surface area contributed by atoms with Gasteiger partial charge in [0.15, 0.2) is 9.84 Å². The first-order valence-electron chi connectivity index (χ1n) is 9.80. The van der Waals surface area contributed by atoms with Gasteiger partial charge in [-0.15, -0.1) is 0 Å². The molecule has 1 saturated heterocycles. The fraction of sp³-hybridized carbons (Fsp3) is 0.409. The van der Waals surface area contributed by atoms with Crippen molar-refractivity contribution < 1.29 is 13.2 Å². The molecule has 148 valence electrons. The zero-order valence-electron chi connectivity index (χ0n) is 16.4. The van der Waals surface area contributed by atoms with E-state index in [1.807, 2.05) is 11.0 Å². The fourth-order valence-electron chi connectivity index (χ4n) is 4.31. The van der Waals surface area contributed by atoms with E-state index in [9.17, 15) is 13.2 Å². The molecule has 1 atom stereocenters. The SMILES string of the molecule is Cc1cccc(N2CCN(C(=O)C3CCS(=O)(=O)c4ccccc43)CC2)c1C. The van der Waals surface area contributed by atoms with Crippen LogP contribution in [0.5, 0.6) is 0 Å². The highest BCUT2D eigenvalue weighted by molar-refractivity contribution is 7.91. The standard InChI is InChI=1S/C22H26N2O3S/c1-16-6-5-8-20(17(16)2)23-11-13-24(14-12-23)22(25)19-10-15-28(26,27)21-9-4-3-7-18(19)21/h3-9,19H,10-15H2,1-2H3. The third-order valence-corrected chi connectivity index (χ3v) is 7.93. The topological polar surface area (TPSA) is 57.7 Å². The van der Waals surface area contributed by atoms with E-state index in [0.717, 1.165) is 13.1 Å². The molecule has 1 unspecified atom stereocenters. The molecule has 2 heterocycles. The Kier molecular flexibility index (Phi) is 4.91. The first-order valence-corrected chi connectivity index (χ1v) is 11.5. The maximum atomic E-state index is 13.2. The van der Waals surface area contributed by atoms with E-state index in [0.29, 0.717) is 30.0 Å². The summed E-state index contributed by atoms with van der Waals surface area (Å²) in [7, 11) is -3.27. The van der Waals surface area contributed by atoms with Gasteiger partial charge >= 0.3 is 0 Å². The van der Waals surface area contributed by atoms with Gasteiger partial charge in [0.1, 0.15) is 0 Å². The van der Waals surface area contributed by atoms with Gasteiger partial charge in [-0.1, -0.05) is 30.3 Å². The summed E-state index contributed by atoms with van der Waals surface area (Å²) in [4.78, 5) is 17.8. The highest BCUT2D eigenvalue weighted by Gasteiger charge is 2.36. The Balaban J connectivity index is 1.50. The molecule has 1 fully saturated rings. The van der Waals surface area contributed by atoms with E-state index in [4.69, 9.17) is 0 Å². The van der Waals surface area contributed by atoms with Gasteiger partial charge in [-0.2, -0.15) is 0 Å². The van der Waals surface area contributed by atoms with Crippen molar-refractivity contribution in [1.82, 2.24) is 4.90 Å². The van der Waals surface area contributed by atoms with Gasteiger partial charge in [0.2, 0.25) is 5.91 Å². The summed E-state index contributed by atoms with van der Waals surface area (Å²) < 4.78 is 24.7. The Bertz CT molecular complexity index is 1010. The number of hydrogen-bond acceptors (Lipinski definition) is 4. The lowest BCUT2D eigenvalue weighted by molar-refractivity contribution is -0.133. The van der Waals surface area contributed by atoms with E-state index in [1.165, 1.54) is 16.8 Å². The molecule has 0 N–H and O–H groups in total. The lowest BCUT2D eigenvalue weighted by Crippen LogP contribution is -2.50. The zero-order valence-corrected chi connectivity index (χ0v) is 17.2. The number of piperazine rings is 1. The number of anilines is 1. The maximum absolute atomic E-state index is 13.2. The molecule has 0 radical (unpaired) electrons. The van der Waals surface area contributed by atoms with Crippen LogP contribution in [0.2, 0.25) is 0 Å². The van der Waals surface area contributed by atoms with E-state index in [-0.39, 0.29) is 17.6 Å². The van der Waals surface area contributed by atoms with Crippen LogP contribution in [0.3, 0.4) is 0 Å². The Morgan fingerprint density at radius 1 is 0.964 bits per heavy atom. The van der Waals surface area contributed by atoms with E-state index in [2.05, 4.69) is 36.9 Å². The fourth-order valence-corrected chi connectivity index (χ4v) is 5.93. The lowest BCUT2D eigenvalue weighted by atomic mass is 9.94. The van der Waals surface area contributed by atoms with Crippen LogP contribution in [0.4, 0.5) is 5.69 Å². The van der Waals surface area contributed by atoms with Gasteiger partial charge in [-0.05, 0) is 49.1 Å². The summed E-state index contributed by atoms with van der Waals surface area (Å²) >= 11 is 0. The van der Waals surface area contributed by atoms with E-state index in [1.54, 1.807) is 18.2 Å². The monoisotopic (exact) mass is 398 g/mol. The maximum Gasteiger partial charge on any atom is 0.230 e. The summed E-state index contributed by atoms with van der Waals surface area (Å²) in [6, 6.07) is 13.3. The molecule has 0 aromatic heterocycles. The van der Waals surface area contributed by atoms with Crippen LogP contribution in [-0.2, 0) is 14.6 Å². The van der Waals surface area contributed by atoms with Gasteiger partial charge in [-0.3, -0.25) is 4.79 Å². The zero-order chi connectivity index (χ0) is 19.9. The average molecular weight is 399 g/mol. The van der Waals surface area contributed by atoms with Crippen LogP contribution in [0.15, 0.2) is 47.4 Å². The molecular weight excluding hydrogens is 372 g/mol. The minimum absolute atomic E-state index is 0.0445. The van der Waals surface area contributed by atoms with Gasteiger partial charge in [0.25, 0.3) is 0 Å². The molecule has 0 aliphatic carbocycles. The number of amides is 1. The van der Waals surface area contributed by atoms with Crippen LogP contribution >= 0.6 is 0 Å². The Hall–Kier alpha value is -2.34. The normalized spacial score (nSPS) is 21.3.